The van der Waals surface area contributed by atoms with Gasteiger partial charge in [0, 0.05) is 36.8 Å². The zero-order valence-electron chi connectivity index (χ0n) is 26.1. The van der Waals surface area contributed by atoms with Crippen LogP contribution in [0.4, 0.5) is 8.78 Å². The Balaban J connectivity index is 1.74. The maximum absolute atomic E-state index is 14.0. The number of amides is 3. The molecule has 0 fully saturated rings. The lowest BCUT2D eigenvalue weighted by Crippen LogP contribution is -2.46. The van der Waals surface area contributed by atoms with E-state index in [1.165, 1.54) is 6.07 Å². The van der Waals surface area contributed by atoms with E-state index in [0.29, 0.717) is 29.8 Å². The lowest BCUT2D eigenvalue weighted by molar-refractivity contribution is -0.123. The molecule has 0 aliphatic carbocycles. The van der Waals surface area contributed by atoms with Gasteiger partial charge < -0.3 is 25.7 Å². The third kappa shape index (κ3) is 11.1. The van der Waals surface area contributed by atoms with Crippen LogP contribution < -0.4 is 10.6 Å². The Morgan fingerprint density at radius 2 is 1.49 bits per heavy atom. The molecule has 3 rings (SSSR count). The van der Waals surface area contributed by atoms with Crippen LogP contribution in [0, 0.1) is 18.6 Å². The van der Waals surface area contributed by atoms with E-state index in [4.69, 9.17) is 0 Å². The summed E-state index contributed by atoms with van der Waals surface area (Å²) in [6.07, 6.45) is -0.885. The molecule has 0 radical (unpaired) electrons. The molecule has 0 saturated heterocycles. The van der Waals surface area contributed by atoms with Crippen molar-refractivity contribution in [1.82, 2.24) is 15.5 Å². The number of carbonyl (C=O) groups excluding carboxylic acids is 3. The highest BCUT2D eigenvalue weighted by atomic mass is 19.1. The summed E-state index contributed by atoms with van der Waals surface area (Å²) in [4.78, 5) is 40.9. The van der Waals surface area contributed by atoms with Gasteiger partial charge in [0.15, 0.2) is 0 Å². The topological polar surface area (TPSA) is 119 Å². The van der Waals surface area contributed by atoms with Gasteiger partial charge in [-0.05, 0) is 79.6 Å². The van der Waals surface area contributed by atoms with Crippen LogP contribution in [0.5, 0.6) is 0 Å². The van der Waals surface area contributed by atoms with Gasteiger partial charge in [0.1, 0.15) is 11.6 Å². The van der Waals surface area contributed by atoms with Crippen molar-refractivity contribution in [2.75, 3.05) is 19.6 Å². The molecule has 3 aromatic rings. The average molecular weight is 624 g/mol. The van der Waals surface area contributed by atoms with Crippen LogP contribution in [0.2, 0.25) is 0 Å². The highest BCUT2D eigenvalue weighted by molar-refractivity contribution is 6.00. The number of halogens is 2. The van der Waals surface area contributed by atoms with E-state index >= 15 is 0 Å². The minimum atomic E-state index is -1.21. The smallest absolute Gasteiger partial charge is 0.253 e. The van der Waals surface area contributed by atoms with E-state index < -0.39 is 41.7 Å². The van der Waals surface area contributed by atoms with Gasteiger partial charge >= 0.3 is 0 Å². The summed E-state index contributed by atoms with van der Waals surface area (Å²) in [6.45, 7) is 6.95. The molecule has 3 aromatic carbocycles. The Morgan fingerprint density at radius 1 is 0.867 bits per heavy atom. The number of benzene rings is 3. The monoisotopic (exact) mass is 623 g/mol. The summed E-state index contributed by atoms with van der Waals surface area (Å²) in [6, 6.07) is 15.6. The SMILES string of the molecule is CCCN(CCC)C(=O)c1cc(C)cc(C(=O)N[C@@H](Cc2cc(F)cc(F)c2)[C@H](O)CCNC(=O)C[C@H](O)c2ccccc2)c1. The van der Waals surface area contributed by atoms with Crippen molar-refractivity contribution in [3.63, 3.8) is 0 Å². The molecule has 0 saturated carbocycles. The third-order valence-corrected chi connectivity index (χ3v) is 7.35. The minimum absolute atomic E-state index is 0.0104. The summed E-state index contributed by atoms with van der Waals surface area (Å²) in [7, 11) is 0. The second-order valence-corrected chi connectivity index (χ2v) is 11.3. The molecule has 0 aromatic heterocycles. The van der Waals surface area contributed by atoms with E-state index in [-0.39, 0.29) is 42.8 Å². The first-order valence-corrected chi connectivity index (χ1v) is 15.3. The second kappa shape index (κ2) is 17.4. The quantitative estimate of drug-likeness (QED) is 0.182. The second-order valence-electron chi connectivity index (χ2n) is 11.3. The molecule has 0 aliphatic heterocycles. The van der Waals surface area contributed by atoms with Crippen molar-refractivity contribution in [3.8, 4) is 0 Å². The number of nitrogens with one attached hydrogen (secondary N) is 2. The van der Waals surface area contributed by atoms with Crippen LogP contribution >= 0.6 is 0 Å². The van der Waals surface area contributed by atoms with Gasteiger partial charge in [0.2, 0.25) is 5.91 Å². The van der Waals surface area contributed by atoms with Crippen molar-refractivity contribution < 1.29 is 33.4 Å². The normalized spacial score (nSPS) is 13.0. The van der Waals surface area contributed by atoms with Gasteiger partial charge in [-0.1, -0.05) is 44.2 Å². The molecule has 0 aliphatic rings. The fourth-order valence-electron chi connectivity index (χ4n) is 5.19. The molecule has 45 heavy (non-hydrogen) atoms. The van der Waals surface area contributed by atoms with Crippen LogP contribution in [0.15, 0.2) is 66.7 Å². The molecule has 0 bridgehead atoms. The number of aliphatic hydroxyl groups is 2. The first-order valence-electron chi connectivity index (χ1n) is 15.3. The Morgan fingerprint density at radius 3 is 2.11 bits per heavy atom. The van der Waals surface area contributed by atoms with Crippen LogP contribution in [0.25, 0.3) is 0 Å². The van der Waals surface area contributed by atoms with Crippen LogP contribution in [-0.2, 0) is 11.2 Å². The predicted octanol–water partition coefficient (Wildman–Crippen LogP) is 4.87. The van der Waals surface area contributed by atoms with Crippen LogP contribution in [0.3, 0.4) is 0 Å². The lowest BCUT2D eigenvalue weighted by Gasteiger charge is -2.25. The van der Waals surface area contributed by atoms with E-state index in [9.17, 15) is 33.4 Å². The number of hydrogen-bond acceptors (Lipinski definition) is 5. The lowest BCUT2D eigenvalue weighted by atomic mass is 9.97. The summed E-state index contributed by atoms with van der Waals surface area (Å²) in [5, 5.41) is 26.9. The highest BCUT2D eigenvalue weighted by Gasteiger charge is 2.25. The van der Waals surface area contributed by atoms with Gasteiger partial charge in [0.25, 0.3) is 11.8 Å². The Bertz CT molecular complexity index is 1410. The van der Waals surface area contributed by atoms with Gasteiger partial charge in [-0.3, -0.25) is 14.4 Å². The molecule has 242 valence electrons. The third-order valence-electron chi connectivity index (χ3n) is 7.35. The zero-order chi connectivity index (χ0) is 32.9. The summed E-state index contributed by atoms with van der Waals surface area (Å²) in [5.74, 6) is -2.76. The first-order chi connectivity index (χ1) is 21.5. The Hall–Kier alpha value is -4.15. The number of hydrogen-bond donors (Lipinski definition) is 4. The molecule has 0 heterocycles. The largest absolute Gasteiger partial charge is 0.391 e. The number of aliphatic hydroxyl groups excluding tert-OH is 2. The zero-order valence-corrected chi connectivity index (χ0v) is 26.1. The molecule has 3 atom stereocenters. The van der Waals surface area contributed by atoms with E-state index in [1.54, 1.807) is 54.3 Å². The summed E-state index contributed by atoms with van der Waals surface area (Å²) >= 11 is 0. The fraction of sp³-hybridized carbons (Fsp3) is 0.400. The fourth-order valence-corrected chi connectivity index (χ4v) is 5.19. The first kappa shape index (κ1) is 35.3. The molecule has 0 spiro atoms. The average Bonchev–Trinajstić information content (AvgIpc) is 2.99. The number of carbonyl (C=O) groups is 3. The summed E-state index contributed by atoms with van der Waals surface area (Å²) in [5.41, 5.74) is 2.09. The summed E-state index contributed by atoms with van der Waals surface area (Å²) < 4.78 is 27.9. The van der Waals surface area contributed by atoms with Gasteiger partial charge in [0.05, 0.1) is 24.7 Å². The molecular weight excluding hydrogens is 580 g/mol. The Kier molecular flexibility index (Phi) is 13.6. The number of rotatable bonds is 16. The van der Waals surface area contributed by atoms with Gasteiger partial charge in [-0.25, -0.2) is 8.78 Å². The number of aryl methyl sites for hydroxylation is 1. The van der Waals surface area contributed by atoms with Gasteiger partial charge in [-0.15, -0.1) is 0 Å². The Labute approximate surface area is 263 Å². The van der Waals surface area contributed by atoms with Crippen LogP contribution in [-0.4, -0.2) is 64.6 Å². The standard InChI is InChI=1S/C35H43F2N3O5/c1-4-13-40(14-5-2)35(45)27-16-23(3)15-26(20-27)34(44)39-30(19-24-17-28(36)21-29(37)18-24)31(41)11-12-38-33(43)22-32(42)25-9-7-6-8-10-25/h6-10,15-18,20-21,30-32,41-42H,4-5,11-14,19,22H2,1-3H3,(H,38,43)(H,39,44)/t30-,31+,32-/m0/s1. The van der Waals surface area contributed by atoms with E-state index in [2.05, 4.69) is 10.6 Å². The number of nitrogens with zero attached hydrogens (tertiary/aromatic N) is 1. The molecule has 3 amide bonds. The molecule has 4 N–H and O–H groups in total. The predicted molar refractivity (Wildman–Crippen MR) is 169 cm³/mol. The van der Waals surface area contributed by atoms with E-state index in [1.807, 2.05) is 13.8 Å². The van der Waals surface area contributed by atoms with Crippen molar-refractivity contribution in [2.24, 2.45) is 0 Å². The molecule has 8 nitrogen and oxygen atoms in total. The van der Waals surface area contributed by atoms with Crippen LogP contribution in [0.1, 0.15) is 83.0 Å². The molecule has 0 unspecified atom stereocenters. The highest BCUT2D eigenvalue weighted by Crippen LogP contribution is 2.18. The maximum atomic E-state index is 14.0. The van der Waals surface area contributed by atoms with E-state index in [0.717, 1.165) is 31.0 Å². The van der Waals surface area contributed by atoms with Crippen molar-refractivity contribution in [2.45, 2.75) is 71.1 Å². The van der Waals surface area contributed by atoms with Crippen molar-refractivity contribution in [1.29, 1.82) is 0 Å². The molecule has 10 heteroatoms. The van der Waals surface area contributed by atoms with Crippen molar-refractivity contribution >= 4 is 17.7 Å². The van der Waals surface area contributed by atoms with Gasteiger partial charge in [-0.2, -0.15) is 0 Å². The van der Waals surface area contributed by atoms with Crippen molar-refractivity contribution in [3.05, 3.63) is 106 Å². The maximum Gasteiger partial charge on any atom is 0.253 e. The minimum Gasteiger partial charge on any atom is -0.391 e. The molecular formula is C35H43F2N3O5.